The lowest BCUT2D eigenvalue weighted by Gasteiger charge is -2.34. The molecule has 4 rings (SSSR count). The number of anilines is 1. The van der Waals surface area contributed by atoms with Crippen molar-refractivity contribution in [2.75, 3.05) is 25.0 Å². The molecule has 1 aliphatic rings. The van der Waals surface area contributed by atoms with Crippen LogP contribution < -0.4 is 16.0 Å². The first-order chi connectivity index (χ1) is 23.8. The normalized spacial score (nSPS) is 15.1. The fourth-order valence-electron chi connectivity index (χ4n) is 5.86. The lowest BCUT2D eigenvalue weighted by atomic mass is 9.92. The van der Waals surface area contributed by atoms with E-state index in [1.165, 1.54) is 26.6 Å². The molecular weight excluding hydrogens is 636 g/mol. The lowest BCUT2D eigenvalue weighted by molar-refractivity contribution is -0.135. The number of imidazole rings is 1. The minimum atomic E-state index is -1.42. The van der Waals surface area contributed by atoms with Crippen molar-refractivity contribution in [2.45, 2.75) is 97.1 Å². The Labute approximate surface area is 295 Å². The number of carbonyl (C=O) groups is 4. The Balaban J connectivity index is 1.50. The van der Waals surface area contributed by atoms with Crippen molar-refractivity contribution in [2.24, 2.45) is 5.92 Å². The quantitative estimate of drug-likeness (QED) is 0.204. The topological polar surface area (TPSA) is 144 Å². The maximum atomic E-state index is 14.0. The fourth-order valence-corrected chi connectivity index (χ4v) is 5.86. The summed E-state index contributed by atoms with van der Waals surface area (Å²) in [5.41, 5.74) is -0.475. The van der Waals surface area contributed by atoms with Crippen molar-refractivity contribution in [3.8, 4) is 0 Å². The summed E-state index contributed by atoms with van der Waals surface area (Å²) in [5.74, 6) is -0.377. The highest BCUT2D eigenvalue weighted by molar-refractivity contribution is 5.98. The molecule has 4 amide bonds. The summed E-state index contributed by atoms with van der Waals surface area (Å²) < 4.78 is 12.9. The van der Waals surface area contributed by atoms with Crippen LogP contribution in [0.25, 0.3) is 0 Å². The van der Waals surface area contributed by atoms with Crippen molar-refractivity contribution in [1.82, 2.24) is 25.1 Å². The number of nitrogens with zero attached hydrogens (tertiary/aromatic N) is 3. The smallest absolute Gasteiger partial charge is 0.408 e. The van der Waals surface area contributed by atoms with Gasteiger partial charge in [-0.3, -0.25) is 14.4 Å². The number of rotatable bonds is 14. The molecule has 0 aliphatic carbocycles. The van der Waals surface area contributed by atoms with Gasteiger partial charge in [0.15, 0.2) is 5.82 Å². The summed E-state index contributed by atoms with van der Waals surface area (Å²) in [6, 6.07) is 17.1. The number of hydrogen-bond donors (Lipinski definition) is 3. The van der Waals surface area contributed by atoms with Gasteiger partial charge in [-0.05, 0) is 64.5 Å². The monoisotopic (exact) mass is 688 g/mol. The first-order valence-electron chi connectivity index (χ1n) is 17.4. The van der Waals surface area contributed by atoms with Gasteiger partial charge in [0.1, 0.15) is 23.2 Å². The molecule has 12 heteroatoms. The van der Waals surface area contributed by atoms with Crippen molar-refractivity contribution in [1.29, 1.82) is 0 Å². The summed E-state index contributed by atoms with van der Waals surface area (Å²) in [4.78, 5) is 59.9. The van der Waals surface area contributed by atoms with E-state index in [0.717, 1.165) is 30.4 Å². The maximum absolute atomic E-state index is 14.0. The minimum absolute atomic E-state index is 0.0272. The third-order valence-corrected chi connectivity index (χ3v) is 8.52. The highest BCUT2D eigenvalue weighted by Gasteiger charge is 2.35. The molecule has 2 aromatic carbocycles. The lowest BCUT2D eigenvalue weighted by Crippen LogP contribution is -2.59. The Hall–Kier alpha value is -4.71. The van der Waals surface area contributed by atoms with Crippen LogP contribution in [-0.2, 0) is 30.5 Å². The van der Waals surface area contributed by atoms with Crippen molar-refractivity contribution >= 4 is 29.6 Å². The maximum Gasteiger partial charge on any atom is 0.408 e. The van der Waals surface area contributed by atoms with Crippen LogP contribution in [-0.4, -0.2) is 75.1 Å². The number of benzene rings is 2. The van der Waals surface area contributed by atoms with Gasteiger partial charge in [-0.1, -0.05) is 80.4 Å². The molecule has 12 nitrogen and oxygen atoms in total. The number of likely N-dealkylation sites (tertiary alicyclic amines) is 1. The zero-order valence-electron chi connectivity index (χ0n) is 30.1. The summed E-state index contributed by atoms with van der Waals surface area (Å²) >= 11 is 0. The van der Waals surface area contributed by atoms with Crippen LogP contribution in [0.1, 0.15) is 84.4 Å². The van der Waals surface area contributed by atoms with Gasteiger partial charge >= 0.3 is 6.09 Å². The third kappa shape index (κ3) is 11.2. The first-order valence-corrected chi connectivity index (χ1v) is 17.4. The van der Waals surface area contributed by atoms with Crippen LogP contribution in [0.15, 0.2) is 73.2 Å². The molecule has 50 heavy (non-hydrogen) atoms. The van der Waals surface area contributed by atoms with Crippen LogP contribution in [0.2, 0.25) is 0 Å². The van der Waals surface area contributed by atoms with Gasteiger partial charge in [-0.25, -0.2) is 9.78 Å². The standard InChI is InChI=1S/C38H52N6O6/c1-7-14-27-19-21-43(22-20-27)34(46)32(29-17-12-9-13-18-29)44-23-31(39-26-44)41-33(45)30(25-49-24-28-15-10-8-11-16-28)40-35(47)38(5,6)42-36(48)50-37(2,3)4/h8-13,15-18,23,26-27,30,32H,7,14,19-22,24-25H2,1-6H3,(H,40,47)(H,41,45)(H,42,48). The van der Waals surface area contributed by atoms with Gasteiger partial charge in [0.2, 0.25) is 11.8 Å². The van der Waals surface area contributed by atoms with E-state index in [1.54, 1.807) is 31.5 Å². The van der Waals surface area contributed by atoms with E-state index in [-0.39, 0.29) is 24.9 Å². The molecule has 1 fully saturated rings. The molecule has 1 aromatic heterocycles. The fraction of sp³-hybridized carbons (Fsp3) is 0.500. The molecule has 1 saturated heterocycles. The van der Waals surface area contributed by atoms with Crippen LogP contribution in [0, 0.1) is 5.92 Å². The van der Waals surface area contributed by atoms with Crippen LogP contribution in [0.5, 0.6) is 0 Å². The van der Waals surface area contributed by atoms with Gasteiger partial charge in [0.05, 0.1) is 19.5 Å². The van der Waals surface area contributed by atoms with E-state index < -0.39 is 41.1 Å². The second-order valence-corrected chi connectivity index (χ2v) is 14.3. The van der Waals surface area contributed by atoms with Crippen LogP contribution in [0.4, 0.5) is 10.6 Å². The van der Waals surface area contributed by atoms with E-state index in [1.807, 2.05) is 65.6 Å². The van der Waals surface area contributed by atoms with E-state index in [0.29, 0.717) is 19.0 Å². The Morgan fingerprint density at radius 2 is 1.58 bits per heavy atom. The highest BCUT2D eigenvalue weighted by atomic mass is 16.6. The second-order valence-electron chi connectivity index (χ2n) is 14.3. The number of carbonyl (C=O) groups excluding carboxylic acids is 4. The number of amides is 4. The van der Waals surface area contributed by atoms with Gasteiger partial charge in [0, 0.05) is 19.3 Å². The van der Waals surface area contributed by atoms with E-state index >= 15 is 0 Å². The van der Waals surface area contributed by atoms with E-state index in [2.05, 4.69) is 27.9 Å². The van der Waals surface area contributed by atoms with Gasteiger partial charge in [0.25, 0.3) is 5.91 Å². The summed E-state index contributed by atoms with van der Waals surface area (Å²) in [6.45, 7) is 11.8. The summed E-state index contributed by atoms with van der Waals surface area (Å²) in [7, 11) is 0. The summed E-state index contributed by atoms with van der Waals surface area (Å²) in [5, 5.41) is 8.07. The predicted octanol–water partition coefficient (Wildman–Crippen LogP) is 5.45. The summed E-state index contributed by atoms with van der Waals surface area (Å²) in [6.07, 6.45) is 6.66. The molecule has 2 atom stereocenters. The second kappa shape index (κ2) is 17.3. The average molecular weight is 689 g/mol. The zero-order chi connectivity index (χ0) is 36.3. The molecule has 0 spiro atoms. The number of alkyl carbamates (subject to hydrolysis) is 1. The first kappa shape index (κ1) is 38.1. The zero-order valence-corrected chi connectivity index (χ0v) is 30.1. The van der Waals surface area contributed by atoms with Gasteiger partial charge in [-0.2, -0.15) is 0 Å². The molecule has 0 saturated carbocycles. The SMILES string of the molecule is CCCC1CCN(C(=O)C(c2ccccc2)n2cnc(NC(=O)C(COCc3ccccc3)NC(=O)C(C)(C)NC(=O)OC(C)(C)C)c2)CC1. The predicted molar refractivity (Wildman–Crippen MR) is 191 cm³/mol. The molecule has 1 aliphatic heterocycles. The molecule has 2 unspecified atom stereocenters. The van der Waals surface area contributed by atoms with Gasteiger partial charge in [-0.15, -0.1) is 0 Å². The number of hydrogen-bond acceptors (Lipinski definition) is 7. The van der Waals surface area contributed by atoms with Crippen LogP contribution >= 0.6 is 0 Å². The Kier molecular flexibility index (Phi) is 13.2. The van der Waals surface area contributed by atoms with Crippen molar-refractivity contribution < 1.29 is 28.7 Å². The Morgan fingerprint density at radius 1 is 0.940 bits per heavy atom. The molecule has 3 N–H and O–H groups in total. The van der Waals surface area contributed by atoms with Crippen molar-refractivity contribution in [3.63, 3.8) is 0 Å². The number of ether oxygens (including phenoxy) is 2. The average Bonchev–Trinajstić information content (AvgIpc) is 3.52. The number of aromatic nitrogens is 2. The van der Waals surface area contributed by atoms with E-state index in [9.17, 15) is 19.2 Å². The molecule has 3 aromatic rings. The van der Waals surface area contributed by atoms with E-state index in [4.69, 9.17) is 9.47 Å². The molecule has 0 bridgehead atoms. The highest BCUT2D eigenvalue weighted by Crippen LogP contribution is 2.27. The van der Waals surface area contributed by atoms with Crippen LogP contribution in [0.3, 0.4) is 0 Å². The van der Waals surface area contributed by atoms with Crippen molar-refractivity contribution in [3.05, 3.63) is 84.3 Å². The molecular formula is C38H52N6O6. The van der Waals surface area contributed by atoms with Gasteiger partial charge < -0.3 is 34.9 Å². The Bertz CT molecular complexity index is 1560. The number of nitrogens with one attached hydrogen (secondary N) is 3. The molecule has 0 radical (unpaired) electrons. The minimum Gasteiger partial charge on any atom is -0.444 e. The number of piperidine rings is 1. The molecule has 2 heterocycles. The Morgan fingerprint density at radius 3 is 2.20 bits per heavy atom. The largest absolute Gasteiger partial charge is 0.444 e. The third-order valence-electron chi connectivity index (χ3n) is 8.52. The molecule has 270 valence electrons.